The molecule has 35 heavy (non-hydrogen) atoms. The number of carbonyl (C=O) groups excluding carboxylic acids is 2. The van der Waals surface area contributed by atoms with Crippen LogP contribution in [0.4, 0.5) is 10.1 Å². The van der Waals surface area contributed by atoms with Crippen LogP contribution in [0, 0.1) is 18.7 Å². The summed E-state index contributed by atoms with van der Waals surface area (Å²) in [5, 5.41) is 3.22. The molecule has 10 heteroatoms. The number of nitrogens with zero attached hydrogens (tertiary/aromatic N) is 2. The van der Waals surface area contributed by atoms with Crippen LogP contribution in [0.25, 0.3) is 0 Å². The zero-order chi connectivity index (χ0) is 26.3. The molecule has 0 aliphatic rings. The first-order valence-corrected chi connectivity index (χ1v) is 13.6. The van der Waals surface area contributed by atoms with Crippen LogP contribution in [0.2, 0.25) is 5.02 Å². The van der Waals surface area contributed by atoms with Crippen LogP contribution >= 0.6 is 11.6 Å². The number of halogens is 2. The molecule has 0 saturated carbocycles. The second kappa shape index (κ2) is 12.4. The molecule has 2 aromatic carbocycles. The number of hydrogen-bond acceptors (Lipinski definition) is 4. The Morgan fingerprint density at radius 2 is 1.74 bits per heavy atom. The van der Waals surface area contributed by atoms with Gasteiger partial charge in [0.1, 0.15) is 18.4 Å². The van der Waals surface area contributed by atoms with Gasteiger partial charge in [0, 0.05) is 18.1 Å². The van der Waals surface area contributed by atoms with Gasteiger partial charge >= 0.3 is 0 Å². The van der Waals surface area contributed by atoms with Gasteiger partial charge in [-0.05, 0) is 54.7 Å². The van der Waals surface area contributed by atoms with Crippen molar-refractivity contribution in [2.75, 3.05) is 23.7 Å². The fourth-order valence-electron chi connectivity index (χ4n) is 3.59. The molecule has 0 unspecified atom stereocenters. The highest BCUT2D eigenvalue weighted by Crippen LogP contribution is 2.28. The Balaban J connectivity index is 2.45. The predicted molar refractivity (Wildman–Crippen MR) is 137 cm³/mol. The second-order valence-corrected chi connectivity index (χ2v) is 11.2. The largest absolute Gasteiger partial charge is 0.354 e. The quantitative estimate of drug-likeness (QED) is 0.478. The second-order valence-electron chi connectivity index (χ2n) is 8.86. The van der Waals surface area contributed by atoms with Gasteiger partial charge in [0.25, 0.3) is 0 Å². The highest BCUT2D eigenvalue weighted by Gasteiger charge is 2.32. The summed E-state index contributed by atoms with van der Waals surface area (Å²) in [6.07, 6.45) is 1.32. The molecule has 2 amide bonds. The topological polar surface area (TPSA) is 86.8 Å². The van der Waals surface area contributed by atoms with E-state index < -0.39 is 34.3 Å². The van der Waals surface area contributed by atoms with E-state index in [1.165, 1.54) is 29.2 Å². The Kier molecular flexibility index (Phi) is 10.1. The number of nitrogens with one attached hydrogen (secondary N) is 1. The summed E-state index contributed by atoms with van der Waals surface area (Å²) >= 11 is 6.20. The van der Waals surface area contributed by atoms with E-state index in [-0.39, 0.29) is 24.1 Å². The molecule has 1 atom stereocenters. The Morgan fingerprint density at radius 3 is 2.29 bits per heavy atom. The SMILES string of the molecule is CC[C@@H](C(=O)NCC(C)C)N(Cc1ccc(F)cc1)C(=O)CN(c1cccc(Cl)c1C)S(C)(=O)=O. The molecule has 2 aromatic rings. The standard InChI is InChI=1S/C25H33ClFN3O4S/c1-6-22(25(32)28-14-17(2)3)29(15-19-10-12-20(27)13-11-19)24(31)16-30(35(5,33)34)23-9-7-8-21(26)18(23)4/h7-13,17,22H,6,14-16H2,1-5H3,(H,28,32)/t22-/m0/s1. The highest BCUT2D eigenvalue weighted by atomic mass is 35.5. The number of sulfonamides is 1. The van der Waals surface area contributed by atoms with E-state index in [9.17, 15) is 22.4 Å². The van der Waals surface area contributed by atoms with E-state index in [2.05, 4.69) is 5.32 Å². The summed E-state index contributed by atoms with van der Waals surface area (Å²) in [4.78, 5) is 28.0. The van der Waals surface area contributed by atoms with Crippen LogP contribution in [0.3, 0.4) is 0 Å². The number of carbonyl (C=O) groups is 2. The molecule has 0 bridgehead atoms. The van der Waals surface area contributed by atoms with Crippen molar-refractivity contribution >= 4 is 39.1 Å². The Morgan fingerprint density at radius 1 is 1.11 bits per heavy atom. The molecule has 192 valence electrons. The van der Waals surface area contributed by atoms with E-state index in [1.807, 2.05) is 13.8 Å². The van der Waals surface area contributed by atoms with Crippen molar-refractivity contribution in [3.05, 3.63) is 64.4 Å². The van der Waals surface area contributed by atoms with Gasteiger partial charge < -0.3 is 10.2 Å². The molecule has 7 nitrogen and oxygen atoms in total. The molecule has 0 radical (unpaired) electrons. The van der Waals surface area contributed by atoms with Gasteiger partial charge in [0.05, 0.1) is 11.9 Å². The molecule has 0 aliphatic heterocycles. The lowest BCUT2D eigenvalue weighted by molar-refractivity contribution is -0.140. The maximum absolute atomic E-state index is 13.6. The average molecular weight is 526 g/mol. The maximum atomic E-state index is 13.6. The van der Waals surface area contributed by atoms with E-state index in [1.54, 1.807) is 32.0 Å². The molecule has 0 aromatic heterocycles. The minimum absolute atomic E-state index is 0.0127. The van der Waals surface area contributed by atoms with Crippen LogP contribution in [-0.2, 0) is 26.2 Å². The van der Waals surface area contributed by atoms with Gasteiger partial charge in [0.15, 0.2) is 0 Å². The lowest BCUT2D eigenvalue weighted by Gasteiger charge is -2.33. The van der Waals surface area contributed by atoms with E-state index in [0.717, 1.165) is 10.6 Å². The molecular formula is C25H33ClFN3O4S. The van der Waals surface area contributed by atoms with Gasteiger partial charge in [-0.15, -0.1) is 0 Å². The zero-order valence-electron chi connectivity index (χ0n) is 20.7. The highest BCUT2D eigenvalue weighted by molar-refractivity contribution is 7.92. The number of amides is 2. The number of benzene rings is 2. The summed E-state index contributed by atoms with van der Waals surface area (Å²) in [7, 11) is -3.86. The van der Waals surface area contributed by atoms with E-state index >= 15 is 0 Å². The van der Waals surface area contributed by atoms with Crippen LogP contribution < -0.4 is 9.62 Å². The number of rotatable bonds is 11. The third-order valence-corrected chi connectivity index (χ3v) is 7.06. The minimum Gasteiger partial charge on any atom is -0.354 e. The zero-order valence-corrected chi connectivity index (χ0v) is 22.3. The van der Waals surface area contributed by atoms with Crippen molar-refractivity contribution in [1.29, 1.82) is 0 Å². The lowest BCUT2D eigenvalue weighted by Crippen LogP contribution is -2.52. The van der Waals surface area contributed by atoms with Crippen LogP contribution in [-0.4, -0.2) is 50.5 Å². The average Bonchev–Trinajstić information content (AvgIpc) is 2.78. The smallest absolute Gasteiger partial charge is 0.244 e. The summed E-state index contributed by atoms with van der Waals surface area (Å²) in [5.74, 6) is -1.11. The first kappa shape index (κ1) is 28.6. The molecule has 0 fully saturated rings. The summed E-state index contributed by atoms with van der Waals surface area (Å²) in [5.41, 5.74) is 1.41. The van der Waals surface area contributed by atoms with Gasteiger partial charge in [0.2, 0.25) is 21.8 Å². The van der Waals surface area contributed by atoms with Gasteiger partial charge in [-0.25, -0.2) is 12.8 Å². The Hall–Kier alpha value is -2.65. The van der Waals surface area contributed by atoms with Crippen molar-refractivity contribution in [2.24, 2.45) is 5.92 Å². The molecule has 1 N–H and O–H groups in total. The van der Waals surface area contributed by atoms with Crippen LogP contribution in [0.5, 0.6) is 0 Å². The third-order valence-electron chi connectivity index (χ3n) is 5.52. The fraction of sp³-hybridized carbons (Fsp3) is 0.440. The minimum atomic E-state index is -3.86. The van der Waals surface area contributed by atoms with Crippen molar-refractivity contribution < 1.29 is 22.4 Å². The maximum Gasteiger partial charge on any atom is 0.244 e. The van der Waals surface area contributed by atoms with Gasteiger partial charge in [-0.3, -0.25) is 13.9 Å². The van der Waals surface area contributed by atoms with Gasteiger partial charge in [-0.2, -0.15) is 0 Å². The molecule has 2 rings (SSSR count). The van der Waals surface area contributed by atoms with Gasteiger partial charge in [-0.1, -0.05) is 50.6 Å². The molecule has 0 spiro atoms. The summed E-state index contributed by atoms with van der Waals surface area (Å²) in [6, 6.07) is 9.59. The third kappa shape index (κ3) is 7.93. The molecule has 0 aliphatic carbocycles. The summed E-state index contributed by atoms with van der Waals surface area (Å²) in [6.45, 7) is 7.30. The van der Waals surface area contributed by atoms with Crippen LogP contribution in [0.1, 0.15) is 38.3 Å². The fourth-order valence-corrected chi connectivity index (χ4v) is 4.66. The Bertz CT molecular complexity index is 1140. The molecule has 0 heterocycles. The number of hydrogen-bond donors (Lipinski definition) is 1. The van der Waals surface area contributed by atoms with Crippen molar-refractivity contribution in [3.8, 4) is 0 Å². The molecular weight excluding hydrogens is 493 g/mol. The van der Waals surface area contributed by atoms with Crippen molar-refractivity contribution in [2.45, 2.75) is 46.7 Å². The normalized spacial score (nSPS) is 12.3. The van der Waals surface area contributed by atoms with Crippen LogP contribution in [0.15, 0.2) is 42.5 Å². The van der Waals surface area contributed by atoms with E-state index in [0.29, 0.717) is 29.1 Å². The first-order chi connectivity index (χ1) is 16.3. The Labute approximate surface area is 212 Å². The number of anilines is 1. The summed E-state index contributed by atoms with van der Waals surface area (Å²) < 4.78 is 39.8. The lowest BCUT2D eigenvalue weighted by atomic mass is 10.1. The molecule has 0 saturated heterocycles. The van der Waals surface area contributed by atoms with Crippen molar-refractivity contribution in [1.82, 2.24) is 10.2 Å². The predicted octanol–water partition coefficient (Wildman–Crippen LogP) is 4.13. The van der Waals surface area contributed by atoms with Crippen molar-refractivity contribution in [3.63, 3.8) is 0 Å². The monoisotopic (exact) mass is 525 g/mol. The van der Waals surface area contributed by atoms with E-state index in [4.69, 9.17) is 11.6 Å². The first-order valence-electron chi connectivity index (χ1n) is 11.4.